The number of hydrogen-bond donors (Lipinski definition) is 1. The summed E-state index contributed by atoms with van der Waals surface area (Å²) in [5.74, 6) is -0.501. The van der Waals surface area contributed by atoms with Crippen LogP contribution in [0.1, 0.15) is 41.4 Å². The number of carbonyl (C=O) groups is 2. The van der Waals surface area contributed by atoms with Crippen LogP contribution >= 0.6 is 0 Å². The Bertz CT molecular complexity index is 945. The number of aryl methyl sites for hydroxylation is 1. The molecule has 3 amide bonds. The number of hydrogen-bond acceptors (Lipinski definition) is 4. The number of imide groups is 1. The van der Waals surface area contributed by atoms with Crippen LogP contribution in [0, 0.1) is 12.8 Å². The van der Waals surface area contributed by atoms with E-state index in [1.165, 1.54) is 11.2 Å². The number of benzene rings is 2. The fraction of sp³-hybridized carbons (Fsp3) is 0.227. The first-order chi connectivity index (χ1) is 13.6. The molecular weight excluding hydrogens is 354 g/mol. The molecule has 6 nitrogen and oxygen atoms in total. The first-order valence-corrected chi connectivity index (χ1v) is 9.22. The lowest BCUT2D eigenvalue weighted by atomic mass is 9.84. The number of nitrogens with one attached hydrogen (secondary N) is 1. The van der Waals surface area contributed by atoms with E-state index in [2.05, 4.69) is 10.5 Å². The number of likely N-dealkylation sites (tertiary alicyclic amines) is 1. The topological polar surface area (TPSA) is 75.4 Å². The Morgan fingerprint density at radius 3 is 2.14 bits per heavy atom. The summed E-state index contributed by atoms with van der Waals surface area (Å²) in [6, 6.07) is 18.3. The van der Waals surface area contributed by atoms with Crippen molar-refractivity contribution in [1.82, 2.24) is 15.4 Å². The average molecular weight is 375 g/mol. The van der Waals surface area contributed by atoms with Gasteiger partial charge >= 0.3 is 6.03 Å². The first kappa shape index (κ1) is 18.0. The molecule has 1 fully saturated rings. The number of aromatic nitrogens is 1. The lowest BCUT2D eigenvalue weighted by molar-refractivity contribution is -0.149. The van der Waals surface area contributed by atoms with Crippen LogP contribution in [-0.2, 0) is 4.79 Å². The molecule has 0 radical (unpaired) electrons. The fourth-order valence-corrected chi connectivity index (χ4v) is 3.69. The quantitative estimate of drug-likeness (QED) is 0.700. The van der Waals surface area contributed by atoms with E-state index < -0.39 is 6.03 Å². The van der Waals surface area contributed by atoms with Gasteiger partial charge in [-0.05, 0) is 18.1 Å². The Morgan fingerprint density at radius 2 is 1.64 bits per heavy atom. The Balaban J connectivity index is 1.63. The monoisotopic (exact) mass is 375 g/mol. The minimum Gasteiger partial charge on any atom is -0.364 e. The maximum absolute atomic E-state index is 13.1. The maximum Gasteiger partial charge on any atom is 0.325 e. The van der Waals surface area contributed by atoms with E-state index >= 15 is 0 Å². The van der Waals surface area contributed by atoms with E-state index in [4.69, 9.17) is 4.52 Å². The van der Waals surface area contributed by atoms with E-state index in [0.717, 1.165) is 16.7 Å². The van der Waals surface area contributed by atoms with Crippen molar-refractivity contribution >= 4 is 11.9 Å². The molecular formula is C22H21N3O3. The highest BCUT2D eigenvalue weighted by Gasteiger charge is 2.50. The van der Waals surface area contributed by atoms with Crippen LogP contribution in [0.3, 0.4) is 0 Å². The molecule has 1 aromatic heterocycles. The summed E-state index contributed by atoms with van der Waals surface area (Å²) in [4.78, 5) is 26.9. The molecule has 6 heteroatoms. The van der Waals surface area contributed by atoms with Gasteiger partial charge in [-0.1, -0.05) is 72.7 Å². The number of amides is 3. The Hall–Kier alpha value is -3.41. The van der Waals surface area contributed by atoms with E-state index in [9.17, 15) is 9.59 Å². The molecule has 0 spiro atoms. The molecule has 0 bridgehead atoms. The molecule has 1 aliphatic heterocycles. The van der Waals surface area contributed by atoms with Crippen LogP contribution < -0.4 is 5.32 Å². The summed E-state index contributed by atoms with van der Waals surface area (Å²) < 4.78 is 5.01. The molecule has 2 aromatic carbocycles. The van der Waals surface area contributed by atoms with Gasteiger partial charge in [-0.25, -0.2) is 4.79 Å². The Morgan fingerprint density at radius 1 is 1.07 bits per heavy atom. The molecule has 0 unspecified atom stereocenters. The summed E-state index contributed by atoms with van der Waals surface area (Å²) in [5.41, 5.74) is 3.34. The second kappa shape index (κ2) is 7.31. The van der Waals surface area contributed by atoms with Gasteiger partial charge in [0.1, 0.15) is 6.26 Å². The van der Waals surface area contributed by atoms with Crippen molar-refractivity contribution in [3.8, 4) is 0 Å². The maximum atomic E-state index is 13.1. The lowest BCUT2D eigenvalue weighted by Crippen LogP contribution is -2.59. The Labute approximate surface area is 163 Å². The number of urea groups is 1. The molecule has 0 saturated carbocycles. The largest absolute Gasteiger partial charge is 0.364 e. The molecule has 1 N–H and O–H groups in total. The van der Waals surface area contributed by atoms with Gasteiger partial charge in [0.15, 0.2) is 0 Å². The zero-order chi connectivity index (χ0) is 19.7. The van der Waals surface area contributed by atoms with Crippen molar-refractivity contribution in [3.05, 3.63) is 89.3 Å². The predicted octanol–water partition coefficient (Wildman–Crippen LogP) is 4.00. The molecule has 3 aromatic rings. The molecule has 4 rings (SSSR count). The second-order valence-corrected chi connectivity index (χ2v) is 7.00. The third kappa shape index (κ3) is 3.07. The van der Waals surface area contributed by atoms with Gasteiger partial charge in [0.2, 0.25) is 5.91 Å². The zero-order valence-electron chi connectivity index (χ0n) is 15.7. The van der Waals surface area contributed by atoms with Crippen molar-refractivity contribution in [2.24, 2.45) is 5.92 Å². The van der Waals surface area contributed by atoms with Crippen molar-refractivity contribution in [3.63, 3.8) is 0 Å². The van der Waals surface area contributed by atoms with E-state index in [1.807, 2.05) is 67.6 Å². The van der Waals surface area contributed by atoms with Gasteiger partial charge in [-0.2, -0.15) is 0 Å². The lowest BCUT2D eigenvalue weighted by Gasteiger charge is -2.44. The minimum atomic E-state index is -0.425. The Kier molecular flexibility index (Phi) is 4.69. The third-order valence-corrected chi connectivity index (χ3v) is 5.24. The summed E-state index contributed by atoms with van der Waals surface area (Å²) in [7, 11) is 0. The van der Waals surface area contributed by atoms with Crippen LogP contribution in [0.5, 0.6) is 0 Å². The van der Waals surface area contributed by atoms with E-state index in [1.54, 1.807) is 6.92 Å². The van der Waals surface area contributed by atoms with Crippen molar-refractivity contribution in [2.75, 3.05) is 0 Å². The number of nitrogens with zero attached hydrogens (tertiary/aromatic N) is 2. The van der Waals surface area contributed by atoms with Crippen molar-refractivity contribution in [2.45, 2.75) is 25.9 Å². The van der Waals surface area contributed by atoms with Gasteiger partial charge in [0.25, 0.3) is 0 Å². The number of carbonyl (C=O) groups excluding carboxylic acids is 2. The van der Waals surface area contributed by atoms with Crippen LogP contribution in [0.2, 0.25) is 0 Å². The highest BCUT2D eigenvalue weighted by molar-refractivity contribution is 6.01. The van der Waals surface area contributed by atoms with E-state index in [0.29, 0.717) is 5.69 Å². The summed E-state index contributed by atoms with van der Waals surface area (Å²) >= 11 is 0. The molecule has 1 aliphatic rings. The van der Waals surface area contributed by atoms with Gasteiger partial charge < -0.3 is 9.84 Å². The number of rotatable bonds is 4. The summed E-state index contributed by atoms with van der Waals surface area (Å²) in [6.07, 6.45) is 1.51. The standard InChI is InChI=1S/C22H21N3O3/c1-14-20(18-13-28-24-15(18)2)25(21(14)26)22(27)23-19(16-9-5-3-6-10-16)17-11-7-4-8-12-17/h3-14,19-20H,1-2H3,(H,23,27)/t14-,20+/m1/s1. The predicted molar refractivity (Wildman–Crippen MR) is 103 cm³/mol. The van der Waals surface area contributed by atoms with Gasteiger partial charge in [-0.3, -0.25) is 9.69 Å². The van der Waals surface area contributed by atoms with E-state index in [-0.39, 0.29) is 23.9 Å². The van der Waals surface area contributed by atoms with Crippen molar-refractivity contribution < 1.29 is 14.1 Å². The smallest absolute Gasteiger partial charge is 0.325 e. The van der Waals surface area contributed by atoms with Crippen molar-refractivity contribution in [1.29, 1.82) is 0 Å². The minimum absolute atomic E-state index is 0.206. The molecule has 1 saturated heterocycles. The average Bonchev–Trinajstić information content (AvgIpc) is 3.15. The normalized spacial score (nSPS) is 18.8. The first-order valence-electron chi connectivity index (χ1n) is 9.22. The molecule has 2 atom stereocenters. The van der Waals surface area contributed by atoms with Crippen LogP contribution in [-0.4, -0.2) is 22.0 Å². The molecule has 2 heterocycles. The highest BCUT2D eigenvalue weighted by atomic mass is 16.5. The molecule has 142 valence electrons. The number of β-lactam (4-membered cyclic amide) rings is 1. The fourth-order valence-electron chi connectivity index (χ4n) is 3.69. The SMILES string of the molecule is Cc1nocc1[C@@H]1[C@@H](C)C(=O)N1C(=O)NC(c1ccccc1)c1ccccc1. The summed E-state index contributed by atoms with van der Waals surface area (Å²) in [6.45, 7) is 3.62. The third-order valence-electron chi connectivity index (χ3n) is 5.24. The van der Waals surface area contributed by atoms with Crippen LogP contribution in [0.15, 0.2) is 71.4 Å². The van der Waals surface area contributed by atoms with Crippen LogP contribution in [0.4, 0.5) is 4.79 Å². The second-order valence-electron chi connectivity index (χ2n) is 7.00. The highest BCUT2D eigenvalue weighted by Crippen LogP contribution is 2.41. The molecule has 28 heavy (non-hydrogen) atoms. The van der Waals surface area contributed by atoms with Crippen LogP contribution in [0.25, 0.3) is 0 Å². The van der Waals surface area contributed by atoms with Gasteiger partial charge in [-0.15, -0.1) is 0 Å². The molecule has 0 aliphatic carbocycles. The van der Waals surface area contributed by atoms with Gasteiger partial charge in [0.05, 0.1) is 23.7 Å². The van der Waals surface area contributed by atoms with Gasteiger partial charge in [0, 0.05) is 5.56 Å². The zero-order valence-corrected chi connectivity index (χ0v) is 15.7. The summed E-state index contributed by atoms with van der Waals surface area (Å²) in [5, 5.41) is 6.91.